The number of rotatable bonds is 5. The molecular weight excluding hydrogens is 430 g/mol. The summed E-state index contributed by atoms with van der Waals surface area (Å²) in [6.07, 6.45) is 0. The van der Waals surface area contributed by atoms with Crippen LogP contribution in [-0.2, 0) is 4.74 Å². The van der Waals surface area contributed by atoms with E-state index in [0.29, 0.717) is 28.6 Å². The molecule has 1 amide bonds. The Bertz CT molecular complexity index is 1280. The number of halogens is 1. The molecule has 0 unspecified atom stereocenters. The van der Waals surface area contributed by atoms with Crippen molar-refractivity contribution in [2.24, 2.45) is 0 Å². The second kappa shape index (κ2) is 9.03. The van der Waals surface area contributed by atoms with Crippen LogP contribution < -0.4 is 5.32 Å². The first-order chi connectivity index (χ1) is 15.4. The van der Waals surface area contributed by atoms with Crippen LogP contribution in [0.5, 0.6) is 0 Å². The summed E-state index contributed by atoms with van der Waals surface area (Å²) in [4.78, 5) is 24.4. The van der Waals surface area contributed by atoms with Crippen molar-refractivity contribution in [3.8, 4) is 22.9 Å². The number of hydrogen-bond donors (Lipinski definition) is 1. The minimum Gasteiger partial charge on any atom is -0.465 e. The first kappa shape index (κ1) is 21.3. The fraction of sp³-hybridized carbons (Fsp3) is 0.0833. The molecule has 0 aliphatic carbocycles. The van der Waals surface area contributed by atoms with Crippen molar-refractivity contribution < 1.29 is 18.7 Å². The summed E-state index contributed by atoms with van der Waals surface area (Å²) in [7, 11) is 1.26. The summed E-state index contributed by atoms with van der Waals surface area (Å²) in [5, 5.41) is 11.2. The smallest absolute Gasteiger partial charge is 0.339 e. The average molecular weight is 448 g/mol. The van der Waals surface area contributed by atoms with Gasteiger partial charge in [0.1, 0.15) is 0 Å². The number of hydrogen-bond acceptors (Lipinski definition) is 6. The molecule has 0 saturated carbocycles. The van der Waals surface area contributed by atoms with E-state index < -0.39 is 5.97 Å². The van der Waals surface area contributed by atoms with E-state index >= 15 is 0 Å². The Kier molecular flexibility index (Phi) is 6.00. The molecule has 7 nitrogen and oxygen atoms in total. The standard InChI is InChI=1S/C24H18ClN3O4/c1-14-3-5-16(6-4-14)22-27-28-23(32-22)17-9-7-15(8-10-17)21(29)26-18-11-12-20(25)19(13-18)24(30)31-2/h3-13H,1-2H3,(H,26,29). The number of amides is 1. The lowest BCUT2D eigenvalue weighted by Crippen LogP contribution is -2.12. The Morgan fingerprint density at radius 2 is 1.50 bits per heavy atom. The predicted molar refractivity (Wildman–Crippen MR) is 121 cm³/mol. The Hall–Kier alpha value is -3.97. The average Bonchev–Trinajstić information content (AvgIpc) is 3.30. The quantitative estimate of drug-likeness (QED) is 0.411. The maximum Gasteiger partial charge on any atom is 0.339 e. The summed E-state index contributed by atoms with van der Waals surface area (Å²) in [6, 6.07) is 19.1. The lowest BCUT2D eigenvalue weighted by molar-refractivity contribution is 0.0600. The van der Waals surface area contributed by atoms with Crippen LogP contribution >= 0.6 is 11.6 Å². The molecule has 32 heavy (non-hydrogen) atoms. The van der Waals surface area contributed by atoms with Gasteiger partial charge in [0.25, 0.3) is 5.91 Å². The molecule has 1 N–H and O–H groups in total. The molecule has 8 heteroatoms. The van der Waals surface area contributed by atoms with Crippen LogP contribution in [0.2, 0.25) is 5.02 Å². The summed E-state index contributed by atoms with van der Waals surface area (Å²) in [5.74, 6) is -0.153. The van der Waals surface area contributed by atoms with Crippen molar-refractivity contribution in [2.45, 2.75) is 6.92 Å². The van der Waals surface area contributed by atoms with Crippen LogP contribution in [0.4, 0.5) is 5.69 Å². The van der Waals surface area contributed by atoms with E-state index in [1.807, 2.05) is 31.2 Å². The number of aromatic nitrogens is 2. The number of nitrogens with one attached hydrogen (secondary N) is 1. The molecule has 0 spiro atoms. The summed E-state index contributed by atoms with van der Waals surface area (Å²) in [5.41, 5.74) is 3.67. The number of nitrogens with zero attached hydrogens (tertiary/aromatic N) is 2. The van der Waals surface area contributed by atoms with E-state index in [1.165, 1.54) is 19.2 Å². The normalized spacial score (nSPS) is 10.6. The molecule has 0 radical (unpaired) electrons. The third-order valence-electron chi connectivity index (χ3n) is 4.75. The van der Waals surface area contributed by atoms with Crippen molar-refractivity contribution in [3.63, 3.8) is 0 Å². The molecule has 0 bridgehead atoms. The molecule has 3 aromatic carbocycles. The number of carbonyl (C=O) groups excluding carboxylic acids is 2. The van der Waals surface area contributed by atoms with Crippen LogP contribution in [0.15, 0.2) is 71.1 Å². The van der Waals surface area contributed by atoms with Crippen LogP contribution in [0.1, 0.15) is 26.3 Å². The number of methoxy groups -OCH3 is 1. The number of esters is 1. The highest BCUT2D eigenvalue weighted by atomic mass is 35.5. The van der Waals surface area contributed by atoms with Crippen molar-refractivity contribution in [1.82, 2.24) is 10.2 Å². The van der Waals surface area contributed by atoms with E-state index in [4.69, 9.17) is 20.8 Å². The Morgan fingerprint density at radius 1 is 0.906 bits per heavy atom. The molecule has 1 heterocycles. The van der Waals surface area contributed by atoms with Crippen LogP contribution in [-0.4, -0.2) is 29.2 Å². The van der Waals surface area contributed by atoms with Gasteiger partial charge in [-0.3, -0.25) is 4.79 Å². The summed E-state index contributed by atoms with van der Waals surface area (Å²) < 4.78 is 10.5. The molecule has 160 valence electrons. The lowest BCUT2D eigenvalue weighted by Gasteiger charge is -2.08. The van der Waals surface area contributed by atoms with Crippen LogP contribution in [0, 0.1) is 6.92 Å². The van der Waals surface area contributed by atoms with E-state index in [9.17, 15) is 9.59 Å². The Labute approximate surface area is 189 Å². The van der Waals surface area contributed by atoms with E-state index in [1.54, 1.807) is 30.3 Å². The maximum absolute atomic E-state index is 12.6. The first-order valence-electron chi connectivity index (χ1n) is 9.65. The highest BCUT2D eigenvalue weighted by molar-refractivity contribution is 6.33. The molecule has 4 aromatic rings. The zero-order valence-electron chi connectivity index (χ0n) is 17.3. The zero-order valence-corrected chi connectivity index (χ0v) is 18.0. The van der Waals surface area contributed by atoms with Crippen molar-refractivity contribution in [1.29, 1.82) is 0 Å². The zero-order chi connectivity index (χ0) is 22.7. The van der Waals surface area contributed by atoms with E-state index in [-0.39, 0.29) is 16.5 Å². The predicted octanol–water partition coefficient (Wildman–Crippen LogP) is 5.40. The van der Waals surface area contributed by atoms with Crippen molar-refractivity contribution >= 4 is 29.2 Å². The minimum absolute atomic E-state index is 0.170. The fourth-order valence-corrected chi connectivity index (χ4v) is 3.18. The fourth-order valence-electron chi connectivity index (χ4n) is 2.99. The van der Waals surface area contributed by atoms with Gasteiger partial charge in [0.2, 0.25) is 11.8 Å². The molecule has 0 fully saturated rings. The van der Waals surface area contributed by atoms with Gasteiger partial charge in [-0.2, -0.15) is 0 Å². The van der Waals surface area contributed by atoms with E-state index in [2.05, 4.69) is 15.5 Å². The van der Waals surface area contributed by atoms with Gasteiger partial charge in [-0.15, -0.1) is 10.2 Å². The van der Waals surface area contributed by atoms with E-state index in [0.717, 1.165) is 11.1 Å². The molecule has 4 rings (SSSR count). The summed E-state index contributed by atoms with van der Waals surface area (Å²) >= 11 is 6.01. The van der Waals surface area contributed by atoms with Gasteiger partial charge in [-0.1, -0.05) is 29.3 Å². The van der Waals surface area contributed by atoms with Crippen molar-refractivity contribution in [3.05, 3.63) is 88.4 Å². The lowest BCUT2D eigenvalue weighted by atomic mass is 10.1. The topological polar surface area (TPSA) is 94.3 Å². The maximum atomic E-state index is 12.6. The Balaban J connectivity index is 1.49. The van der Waals surface area contributed by atoms with Gasteiger partial charge in [0, 0.05) is 22.4 Å². The second-order valence-corrected chi connectivity index (χ2v) is 7.40. The number of benzene rings is 3. The monoisotopic (exact) mass is 447 g/mol. The number of aryl methyl sites for hydroxylation is 1. The summed E-state index contributed by atoms with van der Waals surface area (Å²) in [6.45, 7) is 2.01. The van der Waals surface area contributed by atoms with Gasteiger partial charge in [-0.25, -0.2) is 4.79 Å². The number of carbonyl (C=O) groups is 2. The molecular formula is C24H18ClN3O4. The van der Waals surface area contributed by atoms with Gasteiger partial charge in [-0.05, 0) is 61.5 Å². The van der Waals surface area contributed by atoms with Gasteiger partial charge in [0.05, 0.1) is 17.7 Å². The second-order valence-electron chi connectivity index (χ2n) is 7.00. The SMILES string of the molecule is COC(=O)c1cc(NC(=O)c2ccc(-c3nnc(-c4ccc(C)cc4)o3)cc2)ccc1Cl. The van der Waals surface area contributed by atoms with Crippen LogP contribution in [0.3, 0.4) is 0 Å². The third kappa shape index (κ3) is 4.53. The molecule has 0 aliphatic rings. The third-order valence-corrected chi connectivity index (χ3v) is 5.08. The number of ether oxygens (including phenoxy) is 1. The van der Waals surface area contributed by atoms with Gasteiger partial charge in [0.15, 0.2) is 0 Å². The van der Waals surface area contributed by atoms with Crippen molar-refractivity contribution in [2.75, 3.05) is 12.4 Å². The molecule has 0 aliphatic heterocycles. The Morgan fingerprint density at radius 3 is 2.09 bits per heavy atom. The largest absolute Gasteiger partial charge is 0.465 e. The molecule has 1 aromatic heterocycles. The van der Waals surface area contributed by atoms with Gasteiger partial charge >= 0.3 is 5.97 Å². The highest BCUT2D eigenvalue weighted by Gasteiger charge is 2.14. The van der Waals surface area contributed by atoms with Crippen LogP contribution in [0.25, 0.3) is 22.9 Å². The molecule has 0 atom stereocenters. The molecule has 0 saturated heterocycles. The van der Waals surface area contributed by atoms with Gasteiger partial charge < -0.3 is 14.5 Å². The first-order valence-corrected chi connectivity index (χ1v) is 10.0. The number of anilines is 1. The highest BCUT2D eigenvalue weighted by Crippen LogP contribution is 2.25. The minimum atomic E-state index is -0.583.